The van der Waals surface area contributed by atoms with E-state index in [0.29, 0.717) is 6.10 Å². The van der Waals surface area contributed by atoms with Gasteiger partial charge < -0.3 is 9.64 Å². The van der Waals surface area contributed by atoms with Gasteiger partial charge in [0.2, 0.25) is 0 Å². The minimum absolute atomic E-state index is 0.564. The molecule has 2 aliphatic heterocycles. The van der Waals surface area contributed by atoms with Crippen LogP contribution in [0.5, 0.6) is 0 Å². The molecule has 2 nitrogen and oxygen atoms in total. The van der Waals surface area contributed by atoms with Crippen LogP contribution in [-0.2, 0) is 4.74 Å². The Labute approximate surface area is 69.5 Å². The summed E-state index contributed by atoms with van der Waals surface area (Å²) in [5.41, 5.74) is 0. The summed E-state index contributed by atoms with van der Waals surface area (Å²) in [4.78, 5) is 2.41. The van der Waals surface area contributed by atoms with Gasteiger partial charge in [0, 0.05) is 19.2 Å². The maximum absolute atomic E-state index is 5.50. The predicted octanol–water partition coefficient (Wildman–Crippen LogP) is 1.51. The second-order valence-corrected chi connectivity index (χ2v) is 3.11. The first-order valence-corrected chi connectivity index (χ1v) is 4.68. The lowest BCUT2D eigenvalue weighted by atomic mass is 10.1. The van der Waals surface area contributed by atoms with Crippen LogP contribution in [0, 0.1) is 0 Å². The third kappa shape index (κ3) is 1.94. The molecule has 0 radical (unpaired) electrons. The van der Waals surface area contributed by atoms with E-state index in [0.717, 1.165) is 19.2 Å². The van der Waals surface area contributed by atoms with Gasteiger partial charge >= 0.3 is 0 Å². The van der Waals surface area contributed by atoms with E-state index in [-0.39, 0.29) is 0 Å². The van der Waals surface area contributed by atoms with Gasteiger partial charge in [0.25, 0.3) is 0 Å². The molecule has 0 spiro atoms. The van der Waals surface area contributed by atoms with Crippen molar-refractivity contribution < 1.29 is 4.74 Å². The van der Waals surface area contributed by atoms with Crippen molar-refractivity contribution >= 4 is 0 Å². The summed E-state index contributed by atoms with van der Waals surface area (Å²) in [6.07, 6.45) is 3.08. The lowest BCUT2D eigenvalue weighted by Crippen LogP contribution is -2.25. The zero-order valence-electron chi connectivity index (χ0n) is 7.84. The highest BCUT2D eigenvalue weighted by atomic mass is 16.5. The zero-order chi connectivity index (χ0) is 8.27. The van der Waals surface area contributed by atoms with E-state index in [4.69, 9.17) is 4.74 Å². The average Bonchev–Trinajstić information content (AvgIpc) is 2.31. The van der Waals surface area contributed by atoms with Gasteiger partial charge in [-0.25, -0.2) is 0 Å². The van der Waals surface area contributed by atoms with Crippen LogP contribution in [0.3, 0.4) is 0 Å². The van der Waals surface area contributed by atoms with Gasteiger partial charge in [-0.15, -0.1) is 0 Å². The first-order valence-electron chi connectivity index (χ1n) is 4.68. The molecule has 0 aliphatic carbocycles. The molecule has 0 N–H and O–H groups in total. The van der Waals surface area contributed by atoms with Crippen molar-refractivity contribution in [1.82, 2.24) is 4.90 Å². The lowest BCUT2D eigenvalue weighted by Gasteiger charge is -2.20. The molecule has 0 aromatic rings. The van der Waals surface area contributed by atoms with E-state index in [1.807, 2.05) is 13.8 Å². The van der Waals surface area contributed by atoms with Gasteiger partial charge in [-0.3, -0.25) is 0 Å². The summed E-state index contributed by atoms with van der Waals surface area (Å²) in [7, 11) is 2.19. The van der Waals surface area contributed by atoms with Crippen molar-refractivity contribution in [1.29, 1.82) is 0 Å². The maximum Gasteiger partial charge on any atom is 0.0716 e. The number of hydrogen-bond acceptors (Lipinski definition) is 2. The molecular formula is C9H19NO. The Bertz CT molecular complexity index is 114. The summed E-state index contributed by atoms with van der Waals surface area (Å²) in [6, 6.07) is 0.837. The van der Waals surface area contributed by atoms with Crippen molar-refractivity contribution in [2.45, 2.75) is 38.8 Å². The highest BCUT2D eigenvalue weighted by Crippen LogP contribution is 2.25. The minimum Gasteiger partial charge on any atom is -0.377 e. The second kappa shape index (κ2) is 4.07. The van der Waals surface area contributed by atoms with Gasteiger partial charge in [0.15, 0.2) is 0 Å². The smallest absolute Gasteiger partial charge is 0.0716 e. The molecule has 2 rings (SSSR count). The number of nitrogens with zero attached hydrogens (tertiary/aromatic N) is 1. The topological polar surface area (TPSA) is 12.5 Å². The quantitative estimate of drug-likeness (QED) is 0.528. The van der Waals surface area contributed by atoms with Gasteiger partial charge in [-0.1, -0.05) is 13.8 Å². The zero-order valence-corrected chi connectivity index (χ0v) is 7.84. The highest BCUT2D eigenvalue weighted by Gasteiger charge is 2.33. The Hall–Kier alpha value is -0.0800. The number of likely N-dealkylation sites (tertiary alicyclic amines) is 1. The molecule has 2 heterocycles. The molecule has 66 valence electrons. The molecule has 2 saturated heterocycles. The van der Waals surface area contributed by atoms with Crippen molar-refractivity contribution in [2.24, 2.45) is 0 Å². The van der Waals surface area contributed by atoms with Crippen LogP contribution >= 0.6 is 0 Å². The second-order valence-electron chi connectivity index (χ2n) is 3.11. The average molecular weight is 157 g/mol. The first kappa shape index (κ1) is 9.01. The van der Waals surface area contributed by atoms with Crippen LogP contribution in [0.2, 0.25) is 0 Å². The number of ether oxygens (including phenoxy) is 1. The molecule has 2 fully saturated rings. The van der Waals surface area contributed by atoms with E-state index >= 15 is 0 Å². The van der Waals surface area contributed by atoms with Crippen molar-refractivity contribution in [3.63, 3.8) is 0 Å². The Morgan fingerprint density at radius 2 is 2.09 bits per heavy atom. The Kier molecular flexibility index (Phi) is 3.34. The Morgan fingerprint density at radius 1 is 1.36 bits per heavy atom. The molecule has 0 saturated carbocycles. The molecule has 11 heavy (non-hydrogen) atoms. The number of fused-ring (bicyclic) bond motifs is 2. The van der Waals surface area contributed by atoms with E-state index < -0.39 is 0 Å². The fourth-order valence-corrected chi connectivity index (χ4v) is 1.86. The number of hydrogen-bond donors (Lipinski definition) is 0. The van der Waals surface area contributed by atoms with Gasteiger partial charge in [-0.05, 0) is 19.9 Å². The van der Waals surface area contributed by atoms with Gasteiger partial charge in [0.1, 0.15) is 0 Å². The number of likely N-dealkylation sites (N-methyl/N-ethyl adjacent to an activating group) is 1. The molecule has 0 aromatic heterocycles. The van der Waals surface area contributed by atoms with Crippen LogP contribution in [0.15, 0.2) is 0 Å². The molecule has 2 unspecified atom stereocenters. The minimum atomic E-state index is 0.564. The first-order chi connectivity index (χ1) is 5.36. The summed E-state index contributed by atoms with van der Waals surface area (Å²) in [5, 5.41) is 0. The SMILES string of the molecule is CC.CN1CC2CC1CCO2. The van der Waals surface area contributed by atoms with Crippen molar-refractivity contribution in [3.8, 4) is 0 Å². The standard InChI is InChI=1S/C7H13NO.C2H6/c1-8-5-7-4-6(8)2-3-9-7;1-2/h6-7H,2-5H2,1H3;1-2H3. The Balaban J connectivity index is 0.000000281. The monoisotopic (exact) mass is 157 g/mol. The lowest BCUT2D eigenvalue weighted by molar-refractivity contribution is 0.0420. The van der Waals surface area contributed by atoms with Crippen molar-refractivity contribution in [3.05, 3.63) is 0 Å². The molecule has 0 aromatic carbocycles. The summed E-state index contributed by atoms with van der Waals surface area (Å²) < 4.78 is 5.50. The van der Waals surface area contributed by atoms with Crippen molar-refractivity contribution in [2.75, 3.05) is 20.2 Å². The Morgan fingerprint density at radius 3 is 2.64 bits per heavy atom. The molecular weight excluding hydrogens is 138 g/mol. The summed E-state index contributed by atoms with van der Waals surface area (Å²) in [6.45, 7) is 6.14. The fourth-order valence-electron chi connectivity index (χ4n) is 1.86. The maximum atomic E-state index is 5.50. The van der Waals surface area contributed by atoms with E-state index in [1.165, 1.54) is 12.8 Å². The fraction of sp³-hybridized carbons (Fsp3) is 1.00. The summed E-state index contributed by atoms with van der Waals surface area (Å²) in [5.74, 6) is 0. The van der Waals surface area contributed by atoms with E-state index in [2.05, 4.69) is 11.9 Å². The molecule has 2 atom stereocenters. The van der Waals surface area contributed by atoms with Crippen LogP contribution in [0.1, 0.15) is 26.7 Å². The molecule has 2 heteroatoms. The molecule has 2 aliphatic rings. The largest absolute Gasteiger partial charge is 0.377 e. The predicted molar refractivity (Wildman–Crippen MR) is 46.7 cm³/mol. The van der Waals surface area contributed by atoms with Crippen LogP contribution < -0.4 is 0 Å². The normalized spacial score (nSPS) is 36.3. The highest BCUT2D eigenvalue weighted by molar-refractivity contribution is 4.86. The van der Waals surface area contributed by atoms with Gasteiger partial charge in [-0.2, -0.15) is 0 Å². The number of rotatable bonds is 0. The molecule has 0 amide bonds. The summed E-state index contributed by atoms with van der Waals surface area (Å²) >= 11 is 0. The van der Waals surface area contributed by atoms with E-state index in [9.17, 15) is 0 Å². The van der Waals surface area contributed by atoms with Gasteiger partial charge in [0.05, 0.1) is 6.10 Å². The third-order valence-corrected chi connectivity index (χ3v) is 2.45. The van der Waals surface area contributed by atoms with Crippen LogP contribution in [-0.4, -0.2) is 37.2 Å². The van der Waals surface area contributed by atoms with Crippen LogP contribution in [0.4, 0.5) is 0 Å². The molecule has 2 bridgehead atoms. The van der Waals surface area contributed by atoms with E-state index in [1.54, 1.807) is 0 Å². The van der Waals surface area contributed by atoms with Crippen LogP contribution in [0.25, 0.3) is 0 Å². The third-order valence-electron chi connectivity index (χ3n) is 2.45.